The van der Waals surface area contributed by atoms with Gasteiger partial charge in [-0.2, -0.15) is 4.98 Å². The van der Waals surface area contributed by atoms with E-state index in [0.29, 0.717) is 28.9 Å². The van der Waals surface area contributed by atoms with Crippen molar-refractivity contribution in [1.29, 1.82) is 0 Å². The van der Waals surface area contributed by atoms with Crippen molar-refractivity contribution < 1.29 is 24.1 Å². The summed E-state index contributed by atoms with van der Waals surface area (Å²) in [6.07, 6.45) is 9.40. The van der Waals surface area contributed by atoms with Crippen molar-refractivity contribution in [1.82, 2.24) is 19.7 Å². The maximum absolute atomic E-state index is 11.9. The van der Waals surface area contributed by atoms with E-state index in [-0.39, 0.29) is 17.7 Å². The van der Waals surface area contributed by atoms with E-state index in [0.717, 1.165) is 39.9 Å². The van der Waals surface area contributed by atoms with Gasteiger partial charge >= 0.3 is 12.0 Å². The van der Waals surface area contributed by atoms with Crippen molar-refractivity contribution in [3.63, 3.8) is 0 Å². The molecule has 0 unspecified atom stereocenters. The topological polar surface area (TPSA) is 128 Å². The number of hydrogen-bond acceptors (Lipinski definition) is 10. The van der Waals surface area contributed by atoms with Gasteiger partial charge in [0.05, 0.1) is 47.6 Å². The van der Waals surface area contributed by atoms with Gasteiger partial charge in [-0.15, -0.1) is 0 Å². The standard InChI is InChI=1S/C31H35N5O5S/c1-18(2)41-23-13-20(30(37)38)12-22(15-23)34-28-24-11-10-19(25-16-33-31(40-4)35-29(25)39-3)14-26(24)32-17-27(28)42-36-21-8-6-5-7-9-21/h10-18,21,36H,5-9H2,1-4H3,(H,32,34)(H,37,38). The number of carbonyl (C=O) groups is 1. The van der Waals surface area contributed by atoms with Crippen LogP contribution in [0.5, 0.6) is 17.6 Å². The van der Waals surface area contributed by atoms with Crippen molar-refractivity contribution in [2.75, 3.05) is 19.5 Å². The van der Waals surface area contributed by atoms with Gasteiger partial charge in [0, 0.05) is 35.6 Å². The average molecular weight is 590 g/mol. The van der Waals surface area contributed by atoms with Gasteiger partial charge < -0.3 is 24.6 Å². The monoisotopic (exact) mass is 589 g/mol. The number of methoxy groups -OCH3 is 2. The Morgan fingerprint density at radius 1 is 1.02 bits per heavy atom. The van der Waals surface area contributed by atoms with Gasteiger partial charge in [0.2, 0.25) is 5.88 Å². The largest absolute Gasteiger partial charge is 0.491 e. The lowest BCUT2D eigenvalue weighted by molar-refractivity contribution is 0.0696. The highest BCUT2D eigenvalue weighted by atomic mass is 32.2. The summed E-state index contributed by atoms with van der Waals surface area (Å²) in [7, 11) is 3.06. The number of pyridine rings is 1. The summed E-state index contributed by atoms with van der Waals surface area (Å²) in [6.45, 7) is 3.81. The molecule has 3 N–H and O–H groups in total. The molecule has 0 saturated heterocycles. The maximum atomic E-state index is 11.9. The van der Waals surface area contributed by atoms with Crippen LogP contribution in [0.15, 0.2) is 53.7 Å². The molecule has 2 heterocycles. The molecule has 11 heteroatoms. The molecule has 10 nitrogen and oxygen atoms in total. The van der Waals surface area contributed by atoms with Gasteiger partial charge in [0.1, 0.15) is 5.75 Å². The second-order valence-electron chi connectivity index (χ2n) is 10.4. The van der Waals surface area contributed by atoms with Crippen molar-refractivity contribution in [3.8, 4) is 28.8 Å². The minimum atomic E-state index is -1.03. The van der Waals surface area contributed by atoms with Crippen LogP contribution in [-0.2, 0) is 0 Å². The lowest BCUT2D eigenvalue weighted by Gasteiger charge is -2.23. The number of nitrogens with zero attached hydrogens (tertiary/aromatic N) is 3. The summed E-state index contributed by atoms with van der Waals surface area (Å²) in [5, 5.41) is 14.1. The lowest BCUT2D eigenvalue weighted by atomic mass is 9.96. The van der Waals surface area contributed by atoms with E-state index in [1.54, 1.807) is 31.3 Å². The fourth-order valence-electron chi connectivity index (χ4n) is 5.00. The van der Waals surface area contributed by atoms with Crippen molar-refractivity contribution in [3.05, 3.63) is 54.4 Å². The van der Waals surface area contributed by atoms with Crippen LogP contribution >= 0.6 is 11.9 Å². The van der Waals surface area contributed by atoms with E-state index < -0.39 is 5.97 Å². The zero-order valence-corrected chi connectivity index (χ0v) is 25.0. The molecular formula is C31H35N5O5S. The molecule has 0 radical (unpaired) electrons. The zero-order valence-electron chi connectivity index (χ0n) is 24.1. The van der Waals surface area contributed by atoms with Gasteiger partial charge in [-0.1, -0.05) is 31.4 Å². The summed E-state index contributed by atoms with van der Waals surface area (Å²) >= 11 is 1.55. The number of aromatic nitrogens is 3. The third kappa shape index (κ3) is 6.85. The SMILES string of the molecule is COc1ncc(-c2ccc3c(Nc4cc(OC(C)C)cc(C(=O)O)c4)c(SNC4CCCCC4)cnc3c2)c(OC)n1. The van der Waals surface area contributed by atoms with E-state index in [1.807, 2.05) is 44.3 Å². The molecule has 4 aromatic rings. The van der Waals surface area contributed by atoms with E-state index in [4.69, 9.17) is 19.2 Å². The predicted molar refractivity (Wildman–Crippen MR) is 164 cm³/mol. The predicted octanol–water partition coefficient (Wildman–Crippen LogP) is 6.87. The molecule has 2 aromatic carbocycles. The van der Waals surface area contributed by atoms with E-state index in [1.165, 1.54) is 32.4 Å². The number of rotatable bonds is 11. The van der Waals surface area contributed by atoms with Crippen LogP contribution in [-0.4, -0.2) is 52.4 Å². The molecule has 0 atom stereocenters. The molecular weight excluding hydrogens is 554 g/mol. The van der Waals surface area contributed by atoms with Gasteiger partial charge in [-0.3, -0.25) is 9.71 Å². The van der Waals surface area contributed by atoms with Crippen LogP contribution < -0.4 is 24.2 Å². The zero-order chi connectivity index (χ0) is 29.6. The van der Waals surface area contributed by atoms with Crippen molar-refractivity contribution in [2.24, 2.45) is 0 Å². The molecule has 0 amide bonds. The Morgan fingerprint density at radius 2 is 1.83 bits per heavy atom. The average Bonchev–Trinajstić information content (AvgIpc) is 3.00. The molecule has 1 saturated carbocycles. The first kappa shape index (κ1) is 29.4. The number of carboxylic acid groups (broad SMARTS) is 1. The molecule has 0 aliphatic heterocycles. The van der Waals surface area contributed by atoms with Crippen LogP contribution in [0, 0.1) is 0 Å². The van der Waals surface area contributed by atoms with E-state index >= 15 is 0 Å². The second kappa shape index (κ2) is 13.3. The fourth-order valence-corrected chi connectivity index (χ4v) is 5.90. The first-order valence-electron chi connectivity index (χ1n) is 14.0. The lowest BCUT2D eigenvalue weighted by Crippen LogP contribution is -2.25. The van der Waals surface area contributed by atoms with Gasteiger partial charge in [-0.25, -0.2) is 9.78 Å². The molecule has 0 spiro atoms. The summed E-state index contributed by atoms with van der Waals surface area (Å²) < 4.78 is 20.1. The molecule has 0 bridgehead atoms. The van der Waals surface area contributed by atoms with Crippen molar-refractivity contribution >= 4 is 40.2 Å². The number of hydrogen-bond donors (Lipinski definition) is 3. The van der Waals surface area contributed by atoms with E-state index in [9.17, 15) is 9.90 Å². The number of fused-ring (bicyclic) bond motifs is 1. The highest BCUT2D eigenvalue weighted by molar-refractivity contribution is 7.97. The van der Waals surface area contributed by atoms with Crippen LogP contribution in [0.1, 0.15) is 56.3 Å². The van der Waals surface area contributed by atoms with Gasteiger partial charge in [0.25, 0.3) is 0 Å². The number of carboxylic acids is 1. The van der Waals surface area contributed by atoms with E-state index in [2.05, 4.69) is 20.0 Å². The Bertz CT molecular complexity index is 1580. The second-order valence-corrected chi connectivity index (χ2v) is 11.3. The smallest absolute Gasteiger partial charge is 0.335 e. The maximum Gasteiger partial charge on any atom is 0.335 e. The van der Waals surface area contributed by atoms with Gasteiger partial charge in [-0.05, 0) is 62.4 Å². The quantitative estimate of drug-likeness (QED) is 0.159. The molecule has 1 aliphatic carbocycles. The summed E-state index contributed by atoms with van der Waals surface area (Å²) in [4.78, 5) is 26.2. The molecule has 220 valence electrons. The molecule has 2 aromatic heterocycles. The van der Waals surface area contributed by atoms with Crippen molar-refractivity contribution in [2.45, 2.75) is 63.0 Å². The first-order valence-corrected chi connectivity index (χ1v) is 14.8. The third-order valence-corrected chi connectivity index (χ3v) is 7.97. The van der Waals surface area contributed by atoms with Crippen LogP contribution in [0.3, 0.4) is 0 Å². The molecule has 42 heavy (non-hydrogen) atoms. The number of ether oxygens (including phenoxy) is 3. The van der Waals surface area contributed by atoms with Crippen LogP contribution in [0.25, 0.3) is 22.0 Å². The van der Waals surface area contributed by atoms with Crippen LogP contribution in [0.2, 0.25) is 0 Å². The Labute approximate surface area is 249 Å². The fraction of sp³-hybridized carbons (Fsp3) is 0.355. The third-order valence-electron chi connectivity index (χ3n) is 6.99. The summed E-state index contributed by atoms with van der Waals surface area (Å²) in [5.74, 6) is -0.151. The number of nitrogens with one attached hydrogen (secondary N) is 2. The number of anilines is 2. The summed E-state index contributed by atoms with van der Waals surface area (Å²) in [6, 6.07) is 11.5. The summed E-state index contributed by atoms with van der Waals surface area (Å²) in [5.41, 5.74) is 3.84. The highest BCUT2D eigenvalue weighted by Crippen LogP contribution is 2.38. The molecule has 1 fully saturated rings. The Kier molecular flexibility index (Phi) is 9.28. The minimum absolute atomic E-state index is 0.105. The first-order chi connectivity index (χ1) is 20.3. The highest BCUT2D eigenvalue weighted by Gasteiger charge is 2.18. The number of aromatic carboxylic acids is 1. The normalized spacial score (nSPS) is 13.7. The minimum Gasteiger partial charge on any atom is -0.491 e. The number of benzene rings is 2. The Morgan fingerprint density at radius 3 is 2.55 bits per heavy atom. The van der Waals surface area contributed by atoms with Gasteiger partial charge in [0.15, 0.2) is 0 Å². The Hall–Kier alpha value is -4.09. The Balaban J connectivity index is 1.57. The van der Waals surface area contributed by atoms with Crippen LogP contribution in [0.4, 0.5) is 11.4 Å². The molecule has 1 aliphatic rings. The molecule has 5 rings (SSSR count).